The van der Waals surface area contributed by atoms with Crippen LogP contribution in [-0.2, 0) is 4.74 Å². The van der Waals surface area contributed by atoms with Gasteiger partial charge in [-0.05, 0) is 58.0 Å². The number of aromatic nitrogens is 2. The first-order valence-corrected chi connectivity index (χ1v) is 9.97. The first kappa shape index (κ1) is 23.4. The maximum absolute atomic E-state index is 14.1. The van der Waals surface area contributed by atoms with E-state index in [2.05, 4.69) is 10.3 Å². The van der Waals surface area contributed by atoms with Crippen LogP contribution in [0.3, 0.4) is 0 Å². The number of nitrogens with two attached hydrogens (primary N) is 1. The standard InChI is InChI=1S/C23H22FN5O4/c1-12(27-22(32)33-23(2,3)4)20-28-18-14(11-25)8-15(24)10-17(18)21(31)29(20)16-7-5-6-13(9-16)19(26)30/h5-10,12H,1-4H3,(H2,26,30)(H,27,32)/t12-/m0/s1. The van der Waals surface area contributed by atoms with E-state index in [1.807, 2.05) is 6.07 Å². The Morgan fingerprint density at radius 3 is 2.58 bits per heavy atom. The molecule has 0 fully saturated rings. The number of fused-ring (bicyclic) bond motifs is 1. The van der Waals surface area contributed by atoms with E-state index in [4.69, 9.17) is 10.5 Å². The highest BCUT2D eigenvalue weighted by molar-refractivity contribution is 5.93. The van der Waals surface area contributed by atoms with Gasteiger partial charge >= 0.3 is 6.09 Å². The van der Waals surface area contributed by atoms with Crippen LogP contribution in [-0.4, -0.2) is 27.2 Å². The molecule has 10 heteroatoms. The van der Waals surface area contributed by atoms with E-state index in [0.29, 0.717) is 0 Å². The molecule has 2 aromatic carbocycles. The molecular weight excluding hydrogens is 429 g/mol. The van der Waals surface area contributed by atoms with Gasteiger partial charge in [-0.3, -0.25) is 14.2 Å². The zero-order chi connectivity index (χ0) is 24.5. The fourth-order valence-corrected chi connectivity index (χ4v) is 3.24. The minimum absolute atomic E-state index is 0.0148. The van der Waals surface area contributed by atoms with Crippen molar-refractivity contribution in [1.29, 1.82) is 5.26 Å². The summed E-state index contributed by atoms with van der Waals surface area (Å²) in [6.45, 7) is 6.67. The summed E-state index contributed by atoms with van der Waals surface area (Å²) < 4.78 is 20.5. The predicted octanol–water partition coefficient (Wildman–Crippen LogP) is 3.08. The van der Waals surface area contributed by atoms with E-state index < -0.39 is 35.0 Å². The van der Waals surface area contributed by atoms with Crippen molar-refractivity contribution in [3.05, 3.63) is 69.5 Å². The van der Waals surface area contributed by atoms with Crippen LogP contribution in [0, 0.1) is 17.1 Å². The maximum atomic E-state index is 14.1. The number of amides is 2. The normalized spacial score (nSPS) is 12.1. The van der Waals surface area contributed by atoms with Crippen molar-refractivity contribution < 1.29 is 18.7 Å². The van der Waals surface area contributed by atoms with Crippen molar-refractivity contribution in [1.82, 2.24) is 14.9 Å². The Morgan fingerprint density at radius 2 is 1.97 bits per heavy atom. The Labute approximate surface area is 188 Å². The number of halogens is 1. The van der Waals surface area contributed by atoms with Gasteiger partial charge < -0.3 is 15.8 Å². The molecule has 0 aliphatic heterocycles. The SMILES string of the molecule is C[C@H](NC(=O)OC(C)(C)C)c1nc2c(C#N)cc(F)cc2c(=O)n1-c1cccc(C(N)=O)c1. The number of rotatable bonds is 4. The summed E-state index contributed by atoms with van der Waals surface area (Å²) in [6.07, 6.45) is -0.749. The van der Waals surface area contributed by atoms with E-state index in [1.54, 1.807) is 27.7 Å². The number of ether oxygens (including phenoxy) is 1. The number of nitrogens with zero attached hydrogens (tertiary/aromatic N) is 3. The number of benzene rings is 2. The molecule has 1 aromatic heterocycles. The Bertz CT molecular complexity index is 1370. The molecule has 0 spiro atoms. The average Bonchev–Trinajstić information content (AvgIpc) is 2.72. The van der Waals surface area contributed by atoms with Gasteiger partial charge in [-0.15, -0.1) is 0 Å². The van der Waals surface area contributed by atoms with Gasteiger partial charge in [-0.1, -0.05) is 6.07 Å². The molecule has 1 atom stereocenters. The largest absolute Gasteiger partial charge is 0.444 e. The number of nitriles is 1. The molecule has 0 aliphatic rings. The van der Waals surface area contributed by atoms with E-state index in [-0.39, 0.29) is 33.5 Å². The summed E-state index contributed by atoms with van der Waals surface area (Å²) in [4.78, 5) is 41.9. The van der Waals surface area contributed by atoms with Gasteiger partial charge in [0.1, 0.15) is 23.3 Å². The molecule has 0 saturated heterocycles. The predicted molar refractivity (Wildman–Crippen MR) is 118 cm³/mol. The smallest absolute Gasteiger partial charge is 0.408 e. The van der Waals surface area contributed by atoms with Crippen LogP contribution in [0.4, 0.5) is 9.18 Å². The molecular formula is C23H22FN5O4. The molecule has 1 heterocycles. The van der Waals surface area contributed by atoms with Crippen LogP contribution in [0.15, 0.2) is 41.2 Å². The Kier molecular flexibility index (Phi) is 6.17. The number of carbonyl (C=O) groups excluding carboxylic acids is 2. The molecule has 33 heavy (non-hydrogen) atoms. The fourth-order valence-electron chi connectivity index (χ4n) is 3.24. The zero-order valence-electron chi connectivity index (χ0n) is 18.5. The molecule has 2 amide bonds. The minimum Gasteiger partial charge on any atom is -0.444 e. The summed E-state index contributed by atoms with van der Waals surface area (Å²) in [5.41, 5.74) is 4.13. The second kappa shape index (κ2) is 8.70. The molecule has 0 bridgehead atoms. The molecule has 3 aromatic rings. The van der Waals surface area contributed by atoms with Gasteiger partial charge in [0.2, 0.25) is 5.91 Å². The van der Waals surface area contributed by atoms with Crippen LogP contribution in [0.1, 0.15) is 55.5 Å². The molecule has 3 N–H and O–H groups in total. The summed E-state index contributed by atoms with van der Waals surface area (Å²) in [5.74, 6) is -1.44. The molecule has 3 rings (SSSR count). The van der Waals surface area contributed by atoms with Crippen LogP contribution in [0.25, 0.3) is 16.6 Å². The highest BCUT2D eigenvalue weighted by atomic mass is 19.1. The van der Waals surface area contributed by atoms with Gasteiger partial charge in [0, 0.05) is 5.56 Å². The summed E-state index contributed by atoms with van der Waals surface area (Å²) in [7, 11) is 0. The lowest BCUT2D eigenvalue weighted by atomic mass is 10.1. The number of nitrogens with one attached hydrogen (secondary N) is 1. The van der Waals surface area contributed by atoms with Crippen LogP contribution >= 0.6 is 0 Å². The second-order valence-corrected chi connectivity index (χ2v) is 8.35. The number of carbonyl (C=O) groups is 2. The maximum Gasteiger partial charge on any atom is 0.408 e. The monoisotopic (exact) mass is 451 g/mol. The fraction of sp³-hybridized carbons (Fsp3) is 0.261. The molecule has 0 saturated carbocycles. The van der Waals surface area contributed by atoms with Crippen LogP contribution < -0.4 is 16.6 Å². The zero-order valence-corrected chi connectivity index (χ0v) is 18.5. The van der Waals surface area contributed by atoms with Gasteiger partial charge in [0.15, 0.2) is 0 Å². The lowest BCUT2D eigenvalue weighted by molar-refractivity contribution is 0.0505. The number of alkyl carbamates (subject to hydrolysis) is 1. The van der Waals surface area contributed by atoms with Crippen molar-refractivity contribution in [3.63, 3.8) is 0 Å². The molecule has 0 aliphatic carbocycles. The van der Waals surface area contributed by atoms with Gasteiger partial charge in [-0.2, -0.15) is 5.26 Å². The minimum atomic E-state index is -0.870. The van der Waals surface area contributed by atoms with Crippen molar-refractivity contribution in [2.24, 2.45) is 5.73 Å². The summed E-state index contributed by atoms with van der Waals surface area (Å²) >= 11 is 0. The van der Waals surface area contributed by atoms with Crippen molar-refractivity contribution in [3.8, 4) is 11.8 Å². The highest BCUT2D eigenvalue weighted by Crippen LogP contribution is 2.22. The number of primary amides is 1. The van der Waals surface area contributed by atoms with Crippen LogP contribution in [0.5, 0.6) is 0 Å². The van der Waals surface area contributed by atoms with Crippen molar-refractivity contribution in [2.75, 3.05) is 0 Å². The third-order valence-electron chi connectivity index (χ3n) is 4.59. The average molecular weight is 451 g/mol. The van der Waals surface area contributed by atoms with E-state index in [9.17, 15) is 24.0 Å². The number of hydrogen-bond donors (Lipinski definition) is 2. The quantitative estimate of drug-likeness (QED) is 0.625. The Hall–Kier alpha value is -4.26. The van der Waals surface area contributed by atoms with E-state index >= 15 is 0 Å². The number of hydrogen-bond acceptors (Lipinski definition) is 6. The molecule has 0 unspecified atom stereocenters. The van der Waals surface area contributed by atoms with Gasteiger partial charge in [0.25, 0.3) is 5.56 Å². The molecule has 0 radical (unpaired) electrons. The Balaban J connectivity index is 2.29. The topological polar surface area (TPSA) is 140 Å². The molecule has 170 valence electrons. The summed E-state index contributed by atoms with van der Waals surface area (Å²) in [5, 5.41) is 11.9. The lowest BCUT2D eigenvalue weighted by Gasteiger charge is -2.23. The van der Waals surface area contributed by atoms with Crippen LogP contribution in [0.2, 0.25) is 0 Å². The highest BCUT2D eigenvalue weighted by Gasteiger charge is 2.24. The van der Waals surface area contributed by atoms with Crippen molar-refractivity contribution in [2.45, 2.75) is 39.3 Å². The first-order chi connectivity index (χ1) is 15.4. The van der Waals surface area contributed by atoms with Crippen molar-refractivity contribution >= 4 is 22.9 Å². The lowest BCUT2D eigenvalue weighted by Crippen LogP contribution is -2.37. The first-order valence-electron chi connectivity index (χ1n) is 9.97. The van der Waals surface area contributed by atoms with E-state index in [1.165, 1.54) is 24.3 Å². The summed E-state index contributed by atoms with van der Waals surface area (Å²) in [6, 6.07) is 8.84. The third kappa shape index (κ3) is 4.98. The second-order valence-electron chi connectivity index (χ2n) is 8.35. The van der Waals surface area contributed by atoms with Gasteiger partial charge in [-0.25, -0.2) is 14.2 Å². The van der Waals surface area contributed by atoms with Gasteiger partial charge in [0.05, 0.1) is 28.2 Å². The van der Waals surface area contributed by atoms with E-state index in [0.717, 1.165) is 16.7 Å². The molecule has 9 nitrogen and oxygen atoms in total. The third-order valence-corrected chi connectivity index (χ3v) is 4.59. The Morgan fingerprint density at radius 1 is 1.27 bits per heavy atom.